The molecule has 8 nitrogen and oxygen atoms in total. The lowest BCUT2D eigenvalue weighted by Crippen LogP contribution is -2.36. The smallest absolute Gasteiger partial charge is 0.271 e. The van der Waals surface area contributed by atoms with Gasteiger partial charge in [-0.2, -0.15) is 5.10 Å². The van der Waals surface area contributed by atoms with Crippen LogP contribution < -0.4 is 5.43 Å². The Kier molecular flexibility index (Phi) is 6.00. The van der Waals surface area contributed by atoms with Crippen LogP contribution in [0.4, 0.5) is 5.69 Å². The highest BCUT2D eigenvalue weighted by Gasteiger charge is 2.17. The Morgan fingerprint density at radius 2 is 2.00 bits per heavy atom. The van der Waals surface area contributed by atoms with Gasteiger partial charge in [0.1, 0.15) is 0 Å². The van der Waals surface area contributed by atoms with Crippen molar-refractivity contribution in [2.45, 2.75) is 32.6 Å². The summed E-state index contributed by atoms with van der Waals surface area (Å²) in [5.41, 5.74) is 2.80. The van der Waals surface area contributed by atoms with Crippen molar-refractivity contribution < 1.29 is 14.5 Å². The molecule has 24 heavy (non-hydrogen) atoms. The Balaban J connectivity index is 1.91. The highest BCUT2D eigenvalue weighted by molar-refractivity contribution is 6.01. The molecule has 1 aromatic rings. The number of nitro groups is 1. The maximum atomic E-state index is 12.1. The molecule has 0 unspecified atom stereocenters. The van der Waals surface area contributed by atoms with Gasteiger partial charge < -0.3 is 4.90 Å². The lowest BCUT2D eigenvalue weighted by Gasteiger charge is -2.26. The number of rotatable bonds is 5. The average molecular weight is 332 g/mol. The summed E-state index contributed by atoms with van der Waals surface area (Å²) >= 11 is 0. The summed E-state index contributed by atoms with van der Waals surface area (Å²) in [7, 11) is 0. The van der Waals surface area contributed by atoms with E-state index in [0.29, 0.717) is 5.71 Å². The average Bonchev–Trinajstić information content (AvgIpc) is 2.60. The van der Waals surface area contributed by atoms with Gasteiger partial charge in [0.25, 0.3) is 11.6 Å². The summed E-state index contributed by atoms with van der Waals surface area (Å²) in [6.45, 7) is 3.20. The number of hydrogen-bond donors (Lipinski definition) is 1. The molecule has 1 N–H and O–H groups in total. The van der Waals surface area contributed by atoms with Crippen molar-refractivity contribution in [1.29, 1.82) is 0 Å². The van der Waals surface area contributed by atoms with Crippen molar-refractivity contribution in [3.05, 3.63) is 39.9 Å². The Bertz CT molecular complexity index is 666. The van der Waals surface area contributed by atoms with Crippen LogP contribution in [0.2, 0.25) is 0 Å². The van der Waals surface area contributed by atoms with Crippen molar-refractivity contribution in [3.8, 4) is 0 Å². The van der Waals surface area contributed by atoms with E-state index in [1.165, 1.54) is 24.3 Å². The molecule has 0 atom stereocenters. The number of amides is 2. The molecule has 0 spiro atoms. The van der Waals surface area contributed by atoms with Gasteiger partial charge in [-0.05, 0) is 32.3 Å². The third-order valence-corrected chi connectivity index (χ3v) is 3.78. The third-order valence-electron chi connectivity index (χ3n) is 3.78. The molecule has 1 saturated heterocycles. The summed E-state index contributed by atoms with van der Waals surface area (Å²) in [4.78, 5) is 36.0. The van der Waals surface area contributed by atoms with Gasteiger partial charge in [-0.15, -0.1) is 0 Å². The Hall–Kier alpha value is -2.77. The molecule has 1 fully saturated rings. The van der Waals surface area contributed by atoms with Crippen LogP contribution in [0.1, 0.15) is 43.0 Å². The lowest BCUT2D eigenvalue weighted by atomic mass is 10.1. The topological polar surface area (TPSA) is 105 Å². The number of benzene rings is 1. The summed E-state index contributed by atoms with van der Waals surface area (Å²) in [6.07, 6.45) is 3.34. The molecule has 0 aromatic heterocycles. The monoisotopic (exact) mass is 332 g/mol. The second kappa shape index (κ2) is 8.19. The van der Waals surface area contributed by atoms with Crippen molar-refractivity contribution in [2.75, 3.05) is 13.1 Å². The lowest BCUT2D eigenvalue weighted by molar-refractivity contribution is -0.384. The fraction of sp³-hybridized carbons (Fsp3) is 0.438. The van der Waals surface area contributed by atoms with Crippen LogP contribution in [0, 0.1) is 10.1 Å². The zero-order valence-corrected chi connectivity index (χ0v) is 13.5. The van der Waals surface area contributed by atoms with E-state index in [9.17, 15) is 19.7 Å². The predicted octanol–water partition coefficient (Wildman–Crippen LogP) is 2.10. The van der Waals surface area contributed by atoms with Gasteiger partial charge in [0.15, 0.2) is 0 Å². The van der Waals surface area contributed by atoms with Gasteiger partial charge in [-0.1, -0.05) is 6.07 Å². The van der Waals surface area contributed by atoms with E-state index in [2.05, 4.69) is 10.5 Å². The summed E-state index contributed by atoms with van der Waals surface area (Å²) in [5, 5.41) is 14.6. The van der Waals surface area contributed by atoms with Gasteiger partial charge in [0.05, 0.1) is 11.3 Å². The van der Waals surface area contributed by atoms with Gasteiger partial charge in [0, 0.05) is 36.5 Å². The summed E-state index contributed by atoms with van der Waals surface area (Å²) < 4.78 is 0. The van der Waals surface area contributed by atoms with Crippen molar-refractivity contribution in [2.24, 2.45) is 5.10 Å². The second-order valence-electron chi connectivity index (χ2n) is 5.71. The number of nitro benzene ring substituents is 1. The summed E-state index contributed by atoms with van der Waals surface area (Å²) in [5.74, 6) is -0.552. The number of hydrogen-bond acceptors (Lipinski definition) is 5. The number of non-ortho nitro benzene ring substituents is 1. The maximum Gasteiger partial charge on any atom is 0.271 e. The molecule has 0 radical (unpaired) electrons. The first-order valence-electron chi connectivity index (χ1n) is 7.83. The highest BCUT2D eigenvalue weighted by atomic mass is 16.6. The number of carbonyl (C=O) groups excluding carboxylic acids is 2. The first kappa shape index (κ1) is 17.6. The predicted molar refractivity (Wildman–Crippen MR) is 88.7 cm³/mol. The molecule has 0 saturated carbocycles. The Labute approximate surface area is 139 Å². The molecule has 1 aliphatic heterocycles. The first-order valence-corrected chi connectivity index (χ1v) is 7.83. The van der Waals surface area contributed by atoms with E-state index >= 15 is 0 Å². The molecular formula is C16H20N4O4. The number of likely N-dealkylation sites (tertiary alicyclic amines) is 1. The van der Waals surface area contributed by atoms with Gasteiger partial charge in [-0.25, -0.2) is 5.43 Å². The highest BCUT2D eigenvalue weighted by Crippen LogP contribution is 2.13. The van der Waals surface area contributed by atoms with Crippen LogP contribution in [0.25, 0.3) is 0 Å². The van der Waals surface area contributed by atoms with E-state index in [-0.39, 0.29) is 23.6 Å². The number of nitrogens with one attached hydrogen (secondary N) is 1. The Morgan fingerprint density at radius 1 is 1.29 bits per heavy atom. The first-order chi connectivity index (χ1) is 11.5. The molecular weight excluding hydrogens is 312 g/mol. The quantitative estimate of drug-likeness (QED) is 0.506. The third kappa shape index (κ3) is 4.87. The molecule has 128 valence electrons. The van der Waals surface area contributed by atoms with Crippen LogP contribution >= 0.6 is 0 Å². The minimum absolute atomic E-state index is 0.000507. The molecule has 0 bridgehead atoms. The van der Waals surface area contributed by atoms with Crippen molar-refractivity contribution in [3.63, 3.8) is 0 Å². The number of piperidine rings is 1. The van der Waals surface area contributed by atoms with Gasteiger partial charge in [-0.3, -0.25) is 19.7 Å². The zero-order chi connectivity index (χ0) is 17.5. The number of hydrazone groups is 1. The van der Waals surface area contributed by atoms with E-state index in [1.807, 2.05) is 4.90 Å². The van der Waals surface area contributed by atoms with E-state index in [0.717, 1.165) is 32.4 Å². The zero-order valence-electron chi connectivity index (χ0n) is 13.5. The fourth-order valence-corrected chi connectivity index (χ4v) is 2.48. The molecule has 1 heterocycles. The van der Waals surface area contributed by atoms with Gasteiger partial charge >= 0.3 is 0 Å². The van der Waals surface area contributed by atoms with Crippen LogP contribution in [0.15, 0.2) is 29.4 Å². The van der Waals surface area contributed by atoms with E-state index in [4.69, 9.17) is 0 Å². The van der Waals surface area contributed by atoms with Gasteiger partial charge in [0.2, 0.25) is 5.91 Å². The molecule has 2 amide bonds. The minimum Gasteiger partial charge on any atom is -0.342 e. The fourth-order valence-electron chi connectivity index (χ4n) is 2.48. The molecule has 1 aliphatic rings. The van der Waals surface area contributed by atoms with Crippen molar-refractivity contribution >= 4 is 23.2 Å². The van der Waals surface area contributed by atoms with E-state index in [1.54, 1.807) is 6.92 Å². The largest absolute Gasteiger partial charge is 0.342 e. The van der Waals surface area contributed by atoms with E-state index < -0.39 is 10.8 Å². The molecule has 2 rings (SSSR count). The molecule has 1 aromatic carbocycles. The minimum atomic E-state index is -0.567. The number of nitrogens with zero attached hydrogens (tertiary/aromatic N) is 3. The van der Waals surface area contributed by atoms with Crippen LogP contribution in [-0.4, -0.2) is 40.4 Å². The maximum absolute atomic E-state index is 12.1. The van der Waals surface area contributed by atoms with Crippen LogP contribution in [0.5, 0.6) is 0 Å². The SMILES string of the molecule is C/C(CC(=O)N1CCCCC1)=N\NC(=O)c1cccc([N+](=O)[O-])c1. The Morgan fingerprint density at radius 3 is 2.67 bits per heavy atom. The van der Waals surface area contributed by atoms with Crippen LogP contribution in [-0.2, 0) is 4.79 Å². The van der Waals surface area contributed by atoms with Crippen LogP contribution in [0.3, 0.4) is 0 Å². The standard InChI is InChI=1S/C16H20N4O4/c1-12(10-15(21)19-8-3-2-4-9-19)17-18-16(22)13-6-5-7-14(11-13)20(23)24/h5-7,11H,2-4,8-10H2,1H3,(H,18,22)/b17-12+. The second-order valence-corrected chi connectivity index (χ2v) is 5.71. The number of carbonyl (C=O) groups is 2. The molecule has 8 heteroatoms. The van der Waals surface area contributed by atoms with Crippen molar-refractivity contribution in [1.82, 2.24) is 10.3 Å². The molecule has 0 aliphatic carbocycles. The normalized spacial score (nSPS) is 15.0. The summed E-state index contributed by atoms with van der Waals surface area (Å²) in [6, 6.07) is 5.39.